The molecule has 9 nitrogen and oxygen atoms in total. The Hall–Kier alpha value is -0.853. The minimum Gasteiger partial charge on any atom is -0.462 e. The Morgan fingerprint density at radius 3 is 1.88 bits per heavy atom. The normalized spacial score (nSPS) is 13.2. The number of hydrogen-bond donors (Lipinski definition) is 1. The number of carbonyl (C=O) groups is 1. The third kappa shape index (κ3) is 10.8. The molecule has 0 aromatic carbocycles. The van der Waals surface area contributed by atoms with Crippen LogP contribution >= 0.6 is 0 Å². The second-order valence-electron chi connectivity index (χ2n) is 7.01. The van der Waals surface area contributed by atoms with E-state index in [0.717, 1.165) is 0 Å². The van der Waals surface area contributed by atoms with Crippen molar-refractivity contribution in [3.05, 3.63) is 12.2 Å². The van der Waals surface area contributed by atoms with E-state index in [4.69, 9.17) is 38.0 Å². The molecule has 0 fully saturated rings. The van der Waals surface area contributed by atoms with E-state index in [0.29, 0.717) is 70.5 Å². The lowest BCUT2D eigenvalue weighted by atomic mass is 10.1. The van der Waals surface area contributed by atoms with Crippen molar-refractivity contribution in [2.45, 2.75) is 78.9 Å². The Bertz CT molecular complexity index is 497. The number of nitrogens with two attached hydrogens (primary N) is 1. The molecule has 0 bridgehead atoms. The largest absolute Gasteiger partial charge is 0.501 e. The summed E-state index contributed by atoms with van der Waals surface area (Å²) in [6.07, 6.45) is 0.952. The molecule has 0 aromatic rings. The van der Waals surface area contributed by atoms with Crippen molar-refractivity contribution in [2.75, 3.05) is 46.2 Å². The third-order valence-electron chi connectivity index (χ3n) is 4.36. The van der Waals surface area contributed by atoms with Crippen LogP contribution in [-0.4, -0.2) is 73.0 Å². The summed E-state index contributed by atoms with van der Waals surface area (Å²) in [4.78, 5) is 11.7. The molecule has 190 valence electrons. The van der Waals surface area contributed by atoms with Crippen molar-refractivity contribution >= 4 is 14.8 Å². The Labute approximate surface area is 195 Å². The number of rotatable bonds is 21. The quantitative estimate of drug-likeness (QED) is 0.0871. The van der Waals surface area contributed by atoms with Crippen molar-refractivity contribution in [1.82, 2.24) is 0 Å². The Kier molecular flexibility index (Phi) is 17.1. The van der Waals surface area contributed by atoms with Gasteiger partial charge in [0.1, 0.15) is 6.10 Å². The van der Waals surface area contributed by atoms with E-state index in [9.17, 15) is 4.79 Å². The predicted octanol–water partition coefficient (Wildman–Crippen LogP) is 3.40. The average Bonchev–Trinajstić information content (AvgIpc) is 2.75. The highest BCUT2D eigenvalue weighted by molar-refractivity contribution is 6.60. The van der Waals surface area contributed by atoms with Crippen LogP contribution in [0.3, 0.4) is 0 Å². The van der Waals surface area contributed by atoms with Crippen LogP contribution in [0, 0.1) is 0 Å². The molecule has 1 unspecified atom stereocenters. The second-order valence-corrected chi connectivity index (χ2v) is 9.69. The molecule has 0 aliphatic carbocycles. The highest BCUT2D eigenvalue weighted by Gasteiger charge is 2.51. The summed E-state index contributed by atoms with van der Waals surface area (Å²) >= 11 is 0. The molecular weight excluding hydrogens is 434 g/mol. The van der Waals surface area contributed by atoms with Gasteiger partial charge >= 0.3 is 20.7 Å². The number of ether oxygens (including phenoxy) is 4. The Morgan fingerprint density at radius 2 is 1.47 bits per heavy atom. The lowest BCUT2D eigenvalue weighted by Crippen LogP contribution is -2.58. The van der Waals surface area contributed by atoms with Gasteiger partial charge in [-0.25, -0.2) is 4.79 Å². The first kappa shape index (κ1) is 31.1. The van der Waals surface area contributed by atoms with Crippen LogP contribution < -0.4 is 5.73 Å². The van der Waals surface area contributed by atoms with E-state index in [1.54, 1.807) is 6.92 Å². The highest BCUT2D eigenvalue weighted by atomic mass is 28.4. The molecule has 32 heavy (non-hydrogen) atoms. The Balaban J connectivity index is 5.89. The molecule has 0 heterocycles. The van der Waals surface area contributed by atoms with E-state index in [2.05, 4.69) is 6.58 Å². The van der Waals surface area contributed by atoms with Crippen LogP contribution in [0.15, 0.2) is 12.2 Å². The summed E-state index contributed by atoms with van der Waals surface area (Å²) in [5.74, 6) is -1.87. The van der Waals surface area contributed by atoms with Crippen molar-refractivity contribution in [3.63, 3.8) is 0 Å². The minimum atomic E-state index is -3.12. The zero-order chi connectivity index (χ0) is 24.5. The van der Waals surface area contributed by atoms with Gasteiger partial charge in [0, 0.05) is 44.7 Å². The fourth-order valence-corrected chi connectivity index (χ4v) is 6.00. The average molecular weight is 480 g/mol. The van der Waals surface area contributed by atoms with Gasteiger partial charge < -0.3 is 38.0 Å². The van der Waals surface area contributed by atoms with E-state index in [1.807, 2.05) is 34.6 Å². The van der Waals surface area contributed by atoms with Gasteiger partial charge in [-0.2, -0.15) is 0 Å². The maximum absolute atomic E-state index is 11.7. The molecule has 0 amide bonds. The molecule has 0 aliphatic heterocycles. The van der Waals surface area contributed by atoms with Crippen molar-refractivity contribution in [3.8, 4) is 0 Å². The maximum atomic E-state index is 11.7. The van der Waals surface area contributed by atoms with Gasteiger partial charge in [-0.3, -0.25) is 0 Å². The van der Waals surface area contributed by atoms with E-state index >= 15 is 0 Å². The summed E-state index contributed by atoms with van der Waals surface area (Å²) in [5.41, 5.74) is 6.12. The first-order valence-electron chi connectivity index (χ1n) is 11.7. The molecule has 0 spiro atoms. The number of hydrogen-bond acceptors (Lipinski definition) is 9. The number of carbonyl (C=O) groups excluding carboxylic acids is 1. The molecule has 2 N–H and O–H groups in total. The minimum absolute atomic E-state index is 0.201. The van der Waals surface area contributed by atoms with Gasteiger partial charge in [0.05, 0.1) is 6.61 Å². The standard InChI is InChI=1S/C22H45NO8Si/c1-8-26-22(27-9-2,28-10-3)20(15-13-17-25-21(24)19(6)7)31-32(29-11-4,30-12-5)18-14-16-23/h20H,6,8-18,23H2,1-5,7H3. The van der Waals surface area contributed by atoms with Gasteiger partial charge in [-0.1, -0.05) is 6.58 Å². The molecule has 0 saturated heterocycles. The fraction of sp³-hybridized carbons (Fsp3) is 0.864. The smallest absolute Gasteiger partial charge is 0.462 e. The second kappa shape index (κ2) is 17.6. The van der Waals surface area contributed by atoms with Crippen molar-refractivity contribution < 1.29 is 37.0 Å². The number of esters is 1. The van der Waals surface area contributed by atoms with Crippen LogP contribution in [0.2, 0.25) is 6.04 Å². The van der Waals surface area contributed by atoms with Crippen LogP contribution in [0.5, 0.6) is 0 Å². The van der Waals surface area contributed by atoms with Gasteiger partial charge in [0.2, 0.25) is 0 Å². The molecule has 0 radical (unpaired) electrons. The topological polar surface area (TPSA) is 108 Å². The monoisotopic (exact) mass is 479 g/mol. The van der Waals surface area contributed by atoms with Crippen molar-refractivity contribution in [2.24, 2.45) is 5.73 Å². The van der Waals surface area contributed by atoms with E-state index < -0.39 is 26.9 Å². The van der Waals surface area contributed by atoms with Crippen LogP contribution in [-0.2, 0) is 37.0 Å². The lowest BCUT2D eigenvalue weighted by molar-refractivity contribution is -0.410. The van der Waals surface area contributed by atoms with Crippen LogP contribution in [0.25, 0.3) is 0 Å². The highest BCUT2D eigenvalue weighted by Crippen LogP contribution is 2.32. The summed E-state index contributed by atoms with van der Waals surface area (Å²) in [7, 11) is -3.12. The zero-order valence-corrected chi connectivity index (χ0v) is 21.9. The molecule has 0 rings (SSSR count). The van der Waals surface area contributed by atoms with Gasteiger partial charge in [0.25, 0.3) is 0 Å². The molecule has 0 saturated carbocycles. The summed E-state index contributed by atoms with van der Waals surface area (Å²) in [6, 6.07) is 0.562. The Morgan fingerprint density at radius 1 is 0.938 bits per heavy atom. The summed E-state index contributed by atoms with van der Waals surface area (Å²) in [6.45, 7) is 17.2. The first-order chi connectivity index (χ1) is 15.3. The summed E-state index contributed by atoms with van der Waals surface area (Å²) < 4.78 is 42.0. The molecule has 0 aromatic heterocycles. The predicted molar refractivity (Wildman–Crippen MR) is 125 cm³/mol. The molecule has 1 atom stereocenters. The van der Waals surface area contributed by atoms with Crippen LogP contribution in [0.1, 0.15) is 60.8 Å². The van der Waals surface area contributed by atoms with Crippen molar-refractivity contribution in [1.29, 1.82) is 0 Å². The van der Waals surface area contributed by atoms with E-state index in [1.165, 1.54) is 0 Å². The SMILES string of the molecule is C=C(C)C(=O)OCCCC(O[Si](CCCN)(OCC)OCC)C(OCC)(OCC)OCC. The van der Waals surface area contributed by atoms with Gasteiger partial charge in [0.15, 0.2) is 0 Å². The van der Waals surface area contributed by atoms with Gasteiger partial charge in [-0.05, 0) is 67.3 Å². The molecule has 0 aliphatic rings. The third-order valence-corrected chi connectivity index (χ3v) is 7.43. The fourth-order valence-electron chi connectivity index (χ4n) is 3.16. The first-order valence-corrected chi connectivity index (χ1v) is 13.6. The van der Waals surface area contributed by atoms with E-state index in [-0.39, 0.29) is 6.61 Å². The summed E-state index contributed by atoms with van der Waals surface area (Å²) in [5, 5.41) is 0. The molecule has 10 heteroatoms. The van der Waals surface area contributed by atoms with Gasteiger partial charge in [-0.15, -0.1) is 0 Å². The zero-order valence-electron chi connectivity index (χ0n) is 20.9. The molecular formula is C22H45NO8Si. The lowest BCUT2D eigenvalue weighted by Gasteiger charge is -2.42. The maximum Gasteiger partial charge on any atom is 0.501 e. The van der Waals surface area contributed by atoms with Crippen LogP contribution in [0.4, 0.5) is 0 Å².